The average Bonchev–Trinajstić information content (AvgIpc) is 3.76. The van der Waals surface area contributed by atoms with Gasteiger partial charge < -0.3 is 36.0 Å². The first-order chi connectivity index (χ1) is 24.3. The van der Waals surface area contributed by atoms with Crippen molar-refractivity contribution < 1.29 is 20.5 Å². The minimum absolute atomic E-state index is 0. The number of imidazole rings is 1. The third kappa shape index (κ3) is 10.00. The van der Waals surface area contributed by atoms with Gasteiger partial charge >= 0.3 is 12.0 Å². The van der Waals surface area contributed by atoms with Crippen molar-refractivity contribution in [2.24, 2.45) is 11.7 Å². The number of likely N-dealkylation sites (tertiary alicyclic amines) is 1. The van der Waals surface area contributed by atoms with Gasteiger partial charge in [0.2, 0.25) is 5.91 Å². The second kappa shape index (κ2) is 16.6. The van der Waals surface area contributed by atoms with E-state index in [2.05, 4.69) is 50.9 Å². The number of nitrogens with one attached hydrogen (secondary N) is 4. The maximum Gasteiger partial charge on any atom is 0.329 e. The van der Waals surface area contributed by atoms with E-state index in [4.69, 9.17) is 15.5 Å². The zero-order chi connectivity index (χ0) is 36.6. The molecule has 11 nitrogen and oxygen atoms in total. The second-order valence-electron chi connectivity index (χ2n) is 15.3. The van der Waals surface area contributed by atoms with Gasteiger partial charge in [0.25, 0.3) is 0 Å². The van der Waals surface area contributed by atoms with E-state index in [1.165, 1.54) is 5.56 Å². The van der Waals surface area contributed by atoms with Gasteiger partial charge in [-0.05, 0) is 103 Å². The number of amides is 3. The molecule has 2 atom stereocenters. The van der Waals surface area contributed by atoms with Crippen LogP contribution in [0.15, 0.2) is 67.0 Å². The van der Waals surface area contributed by atoms with Gasteiger partial charge in [0.05, 0.1) is 11.5 Å². The van der Waals surface area contributed by atoms with Crippen molar-refractivity contribution in [1.82, 2.24) is 30.5 Å². The molecular formula is C40H57N7O4. The molecule has 11 heteroatoms. The summed E-state index contributed by atoms with van der Waals surface area (Å²) in [6, 6.07) is 17.2. The standard InChI is InChI=1S/C40H55N7O4.H2/c1-39(2,3)51-36(48)32(17-11-12-20-41)44-37(49)40(4,5)34-26-43-35(46-34)33(24-29-25-42-31-16-10-9-15-30(29)31)45-38(50)47-21-18-28(19-22-47)23-27-13-7-6-8-14-27;/h6-10,13-16,25-26,28,32-33,42H,11-12,17-24,41H2,1-5H3,(H,43,46)(H,44,49)(H,45,50);1H/t32-,33-;/m1./s1. The van der Waals surface area contributed by atoms with Crippen LogP contribution in [0.3, 0.4) is 0 Å². The number of carbonyl (C=O) groups is 3. The topological polar surface area (TPSA) is 158 Å². The highest BCUT2D eigenvalue weighted by atomic mass is 16.6. The molecule has 3 amide bonds. The first-order valence-corrected chi connectivity index (χ1v) is 18.3. The molecule has 0 saturated carbocycles. The number of unbranched alkanes of at least 4 members (excludes halogenated alkanes) is 1. The van der Waals surface area contributed by atoms with Crippen LogP contribution in [0.5, 0.6) is 0 Å². The van der Waals surface area contributed by atoms with Crippen LogP contribution in [0.4, 0.5) is 4.79 Å². The number of piperidine rings is 1. The van der Waals surface area contributed by atoms with Crippen LogP contribution < -0.4 is 16.4 Å². The number of aromatic amines is 2. The lowest BCUT2D eigenvalue weighted by Crippen LogP contribution is -2.50. The number of H-pyrrole nitrogens is 2. The number of benzene rings is 2. The van der Waals surface area contributed by atoms with Crippen molar-refractivity contribution in [3.63, 3.8) is 0 Å². The molecule has 3 heterocycles. The summed E-state index contributed by atoms with van der Waals surface area (Å²) < 4.78 is 5.63. The number of carbonyl (C=O) groups excluding carboxylic acids is 3. The molecule has 0 spiro atoms. The van der Waals surface area contributed by atoms with Crippen LogP contribution in [-0.2, 0) is 32.6 Å². The fourth-order valence-electron chi connectivity index (χ4n) is 6.67. The lowest BCUT2D eigenvalue weighted by molar-refractivity contribution is -0.159. The van der Waals surface area contributed by atoms with Gasteiger partial charge in [-0.1, -0.05) is 48.5 Å². The van der Waals surface area contributed by atoms with Crippen LogP contribution in [0.25, 0.3) is 10.9 Å². The molecule has 0 unspecified atom stereocenters. The number of hydrogen-bond donors (Lipinski definition) is 5. The van der Waals surface area contributed by atoms with E-state index in [0.29, 0.717) is 56.3 Å². The largest absolute Gasteiger partial charge is 0.458 e. The number of hydrogen-bond acceptors (Lipinski definition) is 6. The molecule has 4 aromatic rings. The SMILES string of the molecule is CC(C)(C)OC(=O)[C@@H](CCCCN)NC(=O)C(C)(C)c1cnc([C@@H](Cc2c[nH]c3ccccc23)NC(=O)N2CCC(Cc3ccccc3)CC2)[nH]1.[HH]. The van der Waals surface area contributed by atoms with Crippen LogP contribution in [0.2, 0.25) is 0 Å². The van der Waals surface area contributed by atoms with E-state index >= 15 is 0 Å². The summed E-state index contributed by atoms with van der Waals surface area (Å²) in [5.41, 5.74) is 7.89. The molecule has 0 radical (unpaired) electrons. The molecule has 276 valence electrons. The van der Waals surface area contributed by atoms with Gasteiger partial charge in [-0.25, -0.2) is 14.6 Å². The maximum atomic E-state index is 13.8. The molecule has 5 rings (SSSR count). The smallest absolute Gasteiger partial charge is 0.329 e. The number of nitrogens with two attached hydrogens (primary N) is 1. The zero-order valence-corrected chi connectivity index (χ0v) is 30.8. The van der Waals surface area contributed by atoms with Crippen LogP contribution in [0, 0.1) is 5.92 Å². The normalized spacial score (nSPS) is 15.4. The number of rotatable bonds is 14. The fraction of sp³-hybridized carbons (Fsp3) is 0.500. The molecule has 1 aliphatic rings. The summed E-state index contributed by atoms with van der Waals surface area (Å²) in [5, 5.41) is 7.29. The van der Waals surface area contributed by atoms with E-state index in [1.807, 2.05) is 35.4 Å². The Balaban J connectivity index is 0.00000605. The number of urea groups is 1. The molecular weight excluding hydrogens is 642 g/mol. The van der Waals surface area contributed by atoms with Gasteiger partial charge in [-0.15, -0.1) is 0 Å². The first-order valence-electron chi connectivity index (χ1n) is 18.3. The Kier molecular flexibility index (Phi) is 12.2. The van der Waals surface area contributed by atoms with E-state index in [9.17, 15) is 14.4 Å². The molecule has 2 aromatic carbocycles. The summed E-state index contributed by atoms with van der Waals surface area (Å²) in [6.07, 6.45) is 8.85. The van der Waals surface area contributed by atoms with E-state index in [-0.39, 0.29) is 13.4 Å². The van der Waals surface area contributed by atoms with E-state index < -0.39 is 29.1 Å². The number of aromatic nitrogens is 3. The Hall–Kier alpha value is -4.64. The van der Waals surface area contributed by atoms with Crippen molar-refractivity contribution in [3.05, 3.63) is 89.6 Å². The number of nitrogens with zero attached hydrogens (tertiary/aromatic N) is 2. The van der Waals surface area contributed by atoms with Gasteiger partial charge in [0.1, 0.15) is 17.5 Å². The van der Waals surface area contributed by atoms with Crippen LogP contribution in [-0.4, -0.2) is 69.0 Å². The van der Waals surface area contributed by atoms with Crippen molar-refractivity contribution >= 4 is 28.8 Å². The fourth-order valence-corrected chi connectivity index (χ4v) is 6.67. The molecule has 2 aromatic heterocycles. The highest BCUT2D eigenvalue weighted by Crippen LogP contribution is 2.28. The predicted molar refractivity (Wildman–Crippen MR) is 202 cm³/mol. The van der Waals surface area contributed by atoms with E-state index in [0.717, 1.165) is 42.1 Å². The monoisotopic (exact) mass is 699 g/mol. The Morgan fingerprint density at radius 1 is 1.00 bits per heavy atom. The summed E-state index contributed by atoms with van der Waals surface area (Å²) in [6.45, 7) is 10.9. The predicted octanol–water partition coefficient (Wildman–Crippen LogP) is 6.32. The third-order valence-corrected chi connectivity index (χ3v) is 9.78. The van der Waals surface area contributed by atoms with Gasteiger partial charge in [-0.3, -0.25) is 4.79 Å². The average molecular weight is 700 g/mol. The third-order valence-electron chi connectivity index (χ3n) is 9.78. The lowest BCUT2D eigenvalue weighted by atomic mass is 9.88. The Morgan fingerprint density at radius 3 is 2.41 bits per heavy atom. The highest BCUT2D eigenvalue weighted by Gasteiger charge is 2.37. The summed E-state index contributed by atoms with van der Waals surface area (Å²) in [7, 11) is 0. The van der Waals surface area contributed by atoms with Crippen LogP contribution in [0.1, 0.15) is 96.8 Å². The number of esters is 1. The minimum atomic E-state index is -1.07. The van der Waals surface area contributed by atoms with Gasteiger partial charge in [-0.2, -0.15) is 0 Å². The van der Waals surface area contributed by atoms with Crippen molar-refractivity contribution in [1.29, 1.82) is 0 Å². The Labute approximate surface area is 303 Å². The first kappa shape index (κ1) is 37.6. The van der Waals surface area contributed by atoms with Gasteiger partial charge in [0.15, 0.2) is 0 Å². The molecule has 1 saturated heterocycles. The molecule has 1 aliphatic heterocycles. The summed E-state index contributed by atoms with van der Waals surface area (Å²) >= 11 is 0. The molecule has 1 fully saturated rings. The highest BCUT2D eigenvalue weighted by molar-refractivity contribution is 5.91. The Bertz CT molecular complexity index is 1760. The minimum Gasteiger partial charge on any atom is -0.458 e. The zero-order valence-electron chi connectivity index (χ0n) is 30.8. The second-order valence-corrected chi connectivity index (χ2v) is 15.3. The van der Waals surface area contributed by atoms with Crippen LogP contribution >= 0.6 is 0 Å². The molecule has 6 N–H and O–H groups in total. The maximum absolute atomic E-state index is 13.8. The van der Waals surface area contributed by atoms with Crippen molar-refractivity contribution in [3.8, 4) is 0 Å². The lowest BCUT2D eigenvalue weighted by Gasteiger charge is -2.33. The van der Waals surface area contributed by atoms with Crippen molar-refractivity contribution in [2.45, 2.75) is 103 Å². The summed E-state index contributed by atoms with van der Waals surface area (Å²) in [4.78, 5) is 54.0. The molecule has 0 bridgehead atoms. The molecule has 51 heavy (non-hydrogen) atoms. The number of fused-ring (bicyclic) bond motifs is 1. The summed E-state index contributed by atoms with van der Waals surface area (Å²) in [5.74, 6) is 0.279. The van der Waals surface area contributed by atoms with E-state index in [1.54, 1.807) is 40.8 Å². The molecule has 0 aliphatic carbocycles. The quantitative estimate of drug-likeness (QED) is 0.0766. The number of para-hydroxylation sites is 1. The number of ether oxygens (including phenoxy) is 1. The van der Waals surface area contributed by atoms with Crippen molar-refractivity contribution in [2.75, 3.05) is 19.6 Å². The van der Waals surface area contributed by atoms with Gasteiger partial charge in [0, 0.05) is 49.9 Å². The Morgan fingerprint density at radius 2 is 1.71 bits per heavy atom.